The van der Waals surface area contributed by atoms with Crippen LogP contribution in [-0.4, -0.2) is 54.7 Å². The minimum Gasteiger partial charge on any atom is -0.452 e. The van der Waals surface area contributed by atoms with Crippen molar-refractivity contribution < 1.29 is 22.7 Å². The molecule has 3 aliphatic rings. The van der Waals surface area contributed by atoms with Crippen LogP contribution in [0.1, 0.15) is 75.1 Å². The molecule has 2 aliphatic carbocycles. The summed E-state index contributed by atoms with van der Waals surface area (Å²) in [5, 5.41) is 0. The molecule has 2 fully saturated rings. The number of ether oxygens (including phenoxy) is 1. The molecule has 0 bridgehead atoms. The molecule has 1 aliphatic heterocycles. The molecule has 1 saturated heterocycles. The molecule has 32 heavy (non-hydrogen) atoms. The van der Waals surface area contributed by atoms with Crippen LogP contribution in [0.15, 0.2) is 40.9 Å². The molecule has 0 spiro atoms. The fraction of sp³-hybridized carbons (Fsp3) is 0.583. The summed E-state index contributed by atoms with van der Waals surface area (Å²) in [5.74, 6) is -0.811. The number of sulfonamides is 1. The van der Waals surface area contributed by atoms with E-state index in [2.05, 4.69) is 6.08 Å². The Labute approximate surface area is 190 Å². The molecule has 1 heterocycles. The lowest BCUT2D eigenvalue weighted by Crippen LogP contribution is -2.41. The molecule has 1 aromatic carbocycles. The normalized spacial score (nSPS) is 22.2. The van der Waals surface area contributed by atoms with Gasteiger partial charge in [-0.15, -0.1) is 0 Å². The summed E-state index contributed by atoms with van der Waals surface area (Å²) in [5.41, 5.74) is 1.29. The van der Waals surface area contributed by atoms with Crippen molar-refractivity contribution in [3.05, 3.63) is 41.6 Å². The number of carbonyl (C=O) groups is 2. The number of esters is 1. The monoisotopic (exact) mass is 460 g/mol. The molecule has 0 aromatic heterocycles. The third-order valence-corrected chi connectivity index (χ3v) is 8.55. The first-order valence-corrected chi connectivity index (χ1v) is 13.1. The van der Waals surface area contributed by atoms with Crippen LogP contribution in [0.5, 0.6) is 0 Å². The Hall–Kier alpha value is -2.19. The minimum atomic E-state index is -3.59. The first kappa shape index (κ1) is 23.0. The Morgan fingerprint density at radius 3 is 2.44 bits per heavy atom. The van der Waals surface area contributed by atoms with E-state index in [9.17, 15) is 18.0 Å². The molecule has 1 amide bonds. The third kappa shape index (κ3) is 5.07. The molecule has 4 rings (SSSR count). The maximum atomic E-state index is 12.9. The van der Waals surface area contributed by atoms with Crippen molar-refractivity contribution in [3.8, 4) is 0 Å². The smallest absolute Gasteiger partial charge is 0.338 e. The molecular formula is C24H32N2O5S. The Morgan fingerprint density at radius 1 is 1.06 bits per heavy atom. The van der Waals surface area contributed by atoms with E-state index in [1.54, 1.807) is 0 Å². The van der Waals surface area contributed by atoms with Crippen molar-refractivity contribution >= 4 is 21.9 Å². The topological polar surface area (TPSA) is 84.0 Å². The first-order chi connectivity index (χ1) is 15.4. The molecule has 8 heteroatoms. The van der Waals surface area contributed by atoms with Crippen LogP contribution in [0.2, 0.25) is 0 Å². The highest BCUT2D eigenvalue weighted by Crippen LogP contribution is 2.33. The first-order valence-electron chi connectivity index (χ1n) is 11.7. The molecular weight excluding hydrogens is 428 g/mol. The summed E-state index contributed by atoms with van der Waals surface area (Å²) >= 11 is 0. The van der Waals surface area contributed by atoms with Gasteiger partial charge in [-0.3, -0.25) is 4.79 Å². The van der Waals surface area contributed by atoms with Crippen LogP contribution in [-0.2, 0) is 19.6 Å². The van der Waals surface area contributed by atoms with Gasteiger partial charge in [0, 0.05) is 24.3 Å². The van der Waals surface area contributed by atoms with Gasteiger partial charge in [-0.2, -0.15) is 4.31 Å². The van der Waals surface area contributed by atoms with Gasteiger partial charge >= 0.3 is 5.97 Å². The van der Waals surface area contributed by atoms with Gasteiger partial charge in [0.05, 0.1) is 10.5 Å². The zero-order valence-corrected chi connectivity index (χ0v) is 19.5. The van der Waals surface area contributed by atoms with E-state index in [4.69, 9.17) is 4.74 Å². The molecule has 1 atom stereocenters. The summed E-state index contributed by atoms with van der Waals surface area (Å²) in [7, 11) is -3.59. The predicted molar refractivity (Wildman–Crippen MR) is 120 cm³/mol. The standard InChI is InChI=1S/C24H32N2O5S/c1-18-7-5-6-16-25(18)32(29,30)22-14-10-19(11-15-22)24(28)31-17-23(27)26(21-12-13-21)20-8-3-2-4-9-20/h8,10-11,14-15,18,21H,2-7,9,12-13,16-17H2,1H3. The van der Waals surface area contributed by atoms with Crippen molar-refractivity contribution in [2.75, 3.05) is 13.2 Å². The maximum Gasteiger partial charge on any atom is 0.338 e. The number of carbonyl (C=O) groups excluding carboxylic acids is 2. The summed E-state index contributed by atoms with van der Waals surface area (Å²) in [6, 6.07) is 6.00. The zero-order valence-electron chi connectivity index (χ0n) is 18.7. The molecule has 1 unspecified atom stereocenters. The highest BCUT2D eigenvalue weighted by Gasteiger charge is 2.35. The van der Waals surface area contributed by atoms with E-state index in [0.717, 1.165) is 63.5 Å². The largest absolute Gasteiger partial charge is 0.452 e. The maximum absolute atomic E-state index is 12.9. The second-order valence-corrected chi connectivity index (χ2v) is 10.9. The molecule has 174 valence electrons. The highest BCUT2D eigenvalue weighted by molar-refractivity contribution is 7.89. The summed E-state index contributed by atoms with van der Waals surface area (Å²) in [6.07, 6.45) is 10.9. The van der Waals surface area contributed by atoms with Crippen molar-refractivity contribution in [2.24, 2.45) is 0 Å². The lowest BCUT2D eigenvalue weighted by atomic mass is 10.0. The fourth-order valence-electron chi connectivity index (χ4n) is 4.58. The highest BCUT2D eigenvalue weighted by atomic mass is 32.2. The quantitative estimate of drug-likeness (QED) is 0.577. The molecule has 0 radical (unpaired) electrons. The Bertz CT molecular complexity index is 982. The summed E-state index contributed by atoms with van der Waals surface area (Å²) < 4.78 is 32.7. The van der Waals surface area contributed by atoms with Gasteiger partial charge in [-0.05, 0) is 82.6 Å². The van der Waals surface area contributed by atoms with Gasteiger partial charge in [0.25, 0.3) is 5.91 Å². The third-order valence-electron chi connectivity index (χ3n) is 6.52. The van der Waals surface area contributed by atoms with Crippen molar-refractivity contribution in [2.45, 2.75) is 81.7 Å². The molecule has 7 nitrogen and oxygen atoms in total. The SMILES string of the molecule is CC1CCCCN1S(=O)(=O)c1ccc(C(=O)OCC(=O)N(C2=CCCCC2)C2CC2)cc1. The lowest BCUT2D eigenvalue weighted by molar-refractivity contribution is -0.133. The number of amides is 1. The van der Waals surface area contributed by atoms with Crippen LogP contribution in [0.4, 0.5) is 0 Å². The van der Waals surface area contributed by atoms with Gasteiger partial charge in [0.15, 0.2) is 6.61 Å². The van der Waals surface area contributed by atoms with E-state index in [1.807, 2.05) is 11.8 Å². The average Bonchev–Trinajstić information content (AvgIpc) is 3.63. The number of hydrogen-bond acceptors (Lipinski definition) is 5. The lowest BCUT2D eigenvalue weighted by Gasteiger charge is -2.32. The predicted octanol–water partition coefficient (Wildman–Crippen LogP) is 3.86. The zero-order chi connectivity index (χ0) is 22.7. The van der Waals surface area contributed by atoms with E-state index >= 15 is 0 Å². The van der Waals surface area contributed by atoms with Crippen molar-refractivity contribution in [3.63, 3.8) is 0 Å². The minimum absolute atomic E-state index is 0.0295. The van der Waals surface area contributed by atoms with Gasteiger partial charge in [0.2, 0.25) is 10.0 Å². The molecule has 1 saturated carbocycles. The van der Waals surface area contributed by atoms with Gasteiger partial charge in [-0.1, -0.05) is 12.5 Å². The van der Waals surface area contributed by atoms with Crippen molar-refractivity contribution in [1.29, 1.82) is 0 Å². The number of benzene rings is 1. The van der Waals surface area contributed by atoms with Crippen LogP contribution >= 0.6 is 0 Å². The summed E-state index contributed by atoms with van der Waals surface area (Å²) in [4.78, 5) is 27.2. The van der Waals surface area contributed by atoms with Crippen LogP contribution in [0.3, 0.4) is 0 Å². The second-order valence-electron chi connectivity index (χ2n) is 9.00. The van der Waals surface area contributed by atoms with E-state index < -0.39 is 16.0 Å². The fourth-order valence-corrected chi connectivity index (χ4v) is 6.28. The van der Waals surface area contributed by atoms with Crippen LogP contribution < -0.4 is 0 Å². The number of allylic oxidation sites excluding steroid dienone is 2. The Morgan fingerprint density at radius 2 is 1.81 bits per heavy atom. The van der Waals surface area contributed by atoms with Gasteiger partial charge < -0.3 is 9.64 Å². The Kier molecular flexibility index (Phi) is 7.00. The van der Waals surface area contributed by atoms with Crippen LogP contribution in [0.25, 0.3) is 0 Å². The van der Waals surface area contributed by atoms with Crippen LogP contribution in [0, 0.1) is 0 Å². The number of rotatable bonds is 7. The van der Waals surface area contributed by atoms with E-state index in [-0.39, 0.29) is 35.1 Å². The second kappa shape index (κ2) is 9.75. The molecule has 1 aromatic rings. The number of piperidine rings is 1. The summed E-state index contributed by atoms with van der Waals surface area (Å²) in [6.45, 7) is 2.13. The number of hydrogen-bond donors (Lipinski definition) is 0. The van der Waals surface area contributed by atoms with Crippen molar-refractivity contribution in [1.82, 2.24) is 9.21 Å². The average molecular weight is 461 g/mol. The molecule has 0 N–H and O–H groups in total. The van der Waals surface area contributed by atoms with E-state index in [0.29, 0.717) is 6.54 Å². The number of nitrogens with zero attached hydrogens (tertiary/aromatic N) is 2. The Balaban J connectivity index is 1.37. The van der Waals surface area contributed by atoms with Gasteiger partial charge in [-0.25, -0.2) is 13.2 Å². The van der Waals surface area contributed by atoms with Gasteiger partial charge in [0.1, 0.15) is 0 Å². The van der Waals surface area contributed by atoms with E-state index in [1.165, 1.54) is 28.6 Å².